The zero-order valence-corrected chi connectivity index (χ0v) is 11.1. The Hall–Kier alpha value is -1.79. The minimum absolute atomic E-state index is 0.0306. The van der Waals surface area contributed by atoms with Gasteiger partial charge in [0, 0.05) is 13.6 Å². The van der Waals surface area contributed by atoms with Crippen LogP contribution in [0.2, 0.25) is 0 Å². The molecule has 0 bridgehead atoms. The highest BCUT2D eigenvalue weighted by atomic mass is 16.4. The van der Waals surface area contributed by atoms with E-state index in [-0.39, 0.29) is 24.3 Å². The second-order valence-electron chi connectivity index (χ2n) is 4.73. The van der Waals surface area contributed by atoms with E-state index in [2.05, 4.69) is 16.0 Å². The van der Waals surface area contributed by atoms with Gasteiger partial charge in [-0.2, -0.15) is 0 Å². The van der Waals surface area contributed by atoms with Gasteiger partial charge < -0.3 is 21.1 Å². The van der Waals surface area contributed by atoms with Crippen LogP contribution < -0.4 is 16.0 Å². The molecule has 1 saturated carbocycles. The Bertz CT molecular complexity index is 346. The summed E-state index contributed by atoms with van der Waals surface area (Å²) in [5.41, 5.74) is 0. The van der Waals surface area contributed by atoms with E-state index in [1.54, 1.807) is 0 Å². The fourth-order valence-corrected chi connectivity index (χ4v) is 2.31. The lowest BCUT2D eigenvalue weighted by Gasteiger charge is -2.28. The first-order valence-electron chi connectivity index (χ1n) is 6.49. The van der Waals surface area contributed by atoms with Crippen molar-refractivity contribution in [2.75, 3.05) is 20.1 Å². The maximum Gasteiger partial charge on any atom is 0.315 e. The third-order valence-electron chi connectivity index (χ3n) is 3.44. The van der Waals surface area contributed by atoms with E-state index < -0.39 is 12.0 Å². The van der Waals surface area contributed by atoms with E-state index in [1.165, 1.54) is 7.05 Å². The zero-order chi connectivity index (χ0) is 14.3. The van der Waals surface area contributed by atoms with Crippen LogP contribution in [0, 0.1) is 11.8 Å². The molecule has 7 heteroatoms. The molecule has 0 aromatic heterocycles. The van der Waals surface area contributed by atoms with Crippen LogP contribution in [0.25, 0.3) is 0 Å². The summed E-state index contributed by atoms with van der Waals surface area (Å²) in [7, 11) is 1.49. The summed E-state index contributed by atoms with van der Waals surface area (Å²) in [6.07, 6.45) is 3.40. The van der Waals surface area contributed by atoms with Crippen molar-refractivity contribution in [3.8, 4) is 0 Å². The molecule has 7 nitrogen and oxygen atoms in total. The molecule has 0 saturated heterocycles. The van der Waals surface area contributed by atoms with E-state index >= 15 is 0 Å². The highest BCUT2D eigenvalue weighted by molar-refractivity contribution is 5.83. The minimum atomic E-state index is -0.794. The first-order valence-corrected chi connectivity index (χ1v) is 6.49. The summed E-state index contributed by atoms with van der Waals surface area (Å²) in [6.45, 7) is 0.242. The van der Waals surface area contributed by atoms with Crippen LogP contribution in [0.1, 0.15) is 25.7 Å². The molecular formula is C12H21N3O4. The Morgan fingerprint density at radius 3 is 2.47 bits per heavy atom. The van der Waals surface area contributed by atoms with Gasteiger partial charge in [-0.3, -0.25) is 9.59 Å². The molecule has 19 heavy (non-hydrogen) atoms. The number of nitrogens with one attached hydrogen (secondary N) is 3. The third kappa shape index (κ3) is 5.15. The molecule has 1 rings (SSSR count). The van der Waals surface area contributed by atoms with Gasteiger partial charge in [-0.25, -0.2) is 4.79 Å². The summed E-state index contributed by atoms with van der Waals surface area (Å²) in [5, 5.41) is 16.5. The minimum Gasteiger partial charge on any atom is -0.481 e. The van der Waals surface area contributed by atoms with Crippen LogP contribution in [-0.4, -0.2) is 43.2 Å². The topological polar surface area (TPSA) is 108 Å². The summed E-state index contributed by atoms with van der Waals surface area (Å²) >= 11 is 0. The number of likely N-dealkylation sites (N-methyl/N-ethyl adjacent to an activating group) is 1. The Kier molecular flexibility index (Phi) is 6.11. The number of carbonyl (C=O) groups is 3. The number of amides is 3. The Morgan fingerprint density at radius 2 is 1.84 bits per heavy atom. The van der Waals surface area contributed by atoms with Gasteiger partial charge in [-0.05, 0) is 18.8 Å². The van der Waals surface area contributed by atoms with Gasteiger partial charge in [0.15, 0.2) is 0 Å². The van der Waals surface area contributed by atoms with Gasteiger partial charge in [0.2, 0.25) is 5.91 Å². The maximum absolute atomic E-state index is 11.4. The van der Waals surface area contributed by atoms with Crippen molar-refractivity contribution in [1.29, 1.82) is 0 Å². The molecule has 0 radical (unpaired) electrons. The molecule has 0 heterocycles. The number of carbonyl (C=O) groups excluding carboxylic acids is 2. The molecule has 4 N–H and O–H groups in total. The number of rotatable bonds is 5. The molecule has 0 aliphatic heterocycles. The molecule has 1 fully saturated rings. The predicted molar refractivity (Wildman–Crippen MR) is 68.6 cm³/mol. The number of carboxylic acid groups (broad SMARTS) is 1. The second kappa shape index (κ2) is 7.60. The molecule has 3 amide bonds. The average Bonchev–Trinajstić information content (AvgIpc) is 2.42. The van der Waals surface area contributed by atoms with Crippen molar-refractivity contribution in [3.05, 3.63) is 0 Å². The highest BCUT2D eigenvalue weighted by Gasteiger charge is 2.30. The van der Waals surface area contributed by atoms with Gasteiger partial charge in [-0.15, -0.1) is 0 Å². The van der Waals surface area contributed by atoms with Gasteiger partial charge in [0.25, 0.3) is 0 Å². The van der Waals surface area contributed by atoms with Crippen LogP contribution in [0.5, 0.6) is 0 Å². The Balaban J connectivity index is 2.31. The monoisotopic (exact) mass is 271 g/mol. The molecule has 0 aromatic rings. The van der Waals surface area contributed by atoms with E-state index in [0.717, 1.165) is 19.3 Å². The van der Waals surface area contributed by atoms with Crippen LogP contribution >= 0.6 is 0 Å². The fraction of sp³-hybridized carbons (Fsp3) is 0.750. The van der Waals surface area contributed by atoms with E-state index in [9.17, 15) is 14.4 Å². The van der Waals surface area contributed by atoms with Gasteiger partial charge >= 0.3 is 12.0 Å². The lowest BCUT2D eigenvalue weighted by molar-refractivity contribution is -0.144. The molecule has 2 unspecified atom stereocenters. The Morgan fingerprint density at radius 1 is 1.16 bits per heavy atom. The van der Waals surface area contributed by atoms with Crippen molar-refractivity contribution >= 4 is 17.9 Å². The summed E-state index contributed by atoms with van der Waals surface area (Å²) in [4.78, 5) is 33.4. The third-order valence-corrected chi connectivity index (χ3v) is 3.44. The maximum atomic E-state index is 11.4. The normalized spacial score (nSPS) is 22.4. The smallest absolute Gasteiger partial charge is 0.315 e. The largest absolute Gasteiger partial charge is 0.481 e. The van der Waals surface area contributed by atoms with Crippen molar-refractivity contribution in [2.45, 2.75) is 25.7 Å². The van der Waals surface area contributed by atoms with Crippen LogP contribution in [0.3, 0.4) is 0 Å². The molecule has 1 aliphatic rings. The first kappa shape index (κ1) is 15.3. The Labute approximate surface area is 112 Å². The lowest BCUT2D eigenvalue weighted by Crippen LogP contribution is -2.44. The summed E-state index contributed by atoms with van der Waals surface area (Å²) < 4.78 is 0. The van der Waals surface area contributed by atoms with E-state index in [0.29, 0.717) is 13.0 Å². The molecule has 1 aliphatic carbocycles. The number of aliphatic carboxylic acids is 1. The van der Waals surface area contributed by atoms with E-state index in [4.69, 9.17) is 5.11 Å². The number of carboxylic acids is 1. The molecule has 2 atom stereocenters. The molecule has 0 aromatic carbocycles. The molecule has 0 spiro atoms. The van der Waals surface area contributed by atoms with E-state index in [1.807, 2.05) is 0 Å². The van der Waals surface area contributed by atoms with Crippen molar-refractivity contribution < 1.29 is 19.5 Å². The SMILES string of the molecule is CNC(=O)CNC(=O)NCC1CCCCC1C(=O)O. The highest BCUT2D eigenvalue weighted by Crippen LogP contribution is 2.29. The first-order chi connectivity index (χ1) is 9.04. The zero-order valence-electron chi connectivity index (χ0n) is 11.1. The van der Waals surface area contributed by atoms with Gasteiger partial charge in [0.1, 0.15) is 0 Å². The number of hydrogen-bond donors (Lipinski definition) is 4. The van der Waals surface area contributed by atoms with Crippen LogP contribution in [-0.2, 0) is 9.59 Å². The molecular weight excluding hydrogens is 250 g/mol. The number of hydrogen-bond acceptors (Lipinski definition) is 3. The fourth-order valence-electron chi connectivity index (χ4n) is 2.31. The van der Waals surface area contributed by atoms with Crippen LogP contribution in [0.15, 0.2) is 0 Å². The standard InChI is InChI=1S/C12H21N3O4/c1-13-10(16)7-15-12(19)14-6-8-4-2-3-5-9(8)11(17)18/h8-9H,2-7H2,1H3,(H,13,16)(H,17,18)(H2,14,15,19). The van der Waals surface area contributed by atoms with Crippen molar-refractivity contribution in [3.63, 3.8) is 0 Å². The summed E-state index contributed by atoms with van der Waals surface area (Å²) in [6, 6.07) is -0.446. The van der Waals surface area contributed by atoms with Gasteiger partial charge in [0.05, 0.1) is 12.5 Å². The predicted octanol–water partition coefficient (Wildman–Crippen LogP) is -0.0774. The second-order valence-corrected chi connectivity index (χ2v) is 4.73. The molecule has 108 valence electrons. The average molecular weight is 271 g/mol. The van der Waals surface area contributed by atoms with Crippen LogP contribution in [0.4, 0.5) is 4.79 Å². The lowest BCUT2D eigenvalue weighted by atomic mass is 9.79. The number of urea groups is 1. The van der Waals surface area contributed by atoms with Crippen molar-refractivity contribution in [2.24, 2.45) is 11.8 Å². The quantitative estimate of drug-likeness (QED) is 0.561. The van der Waals surface area contributed by atoms with Gasteiger partial charge in [-0.1, -0.05) is 12.8 Å². The summed E-state index contributed by atoms with van der Waals surface area (Å²) in [5.74, 6) is -1.49. The van der Waals surface area contributed by atoms with Crippen molar-refractivity contribution in [1.82, 2.24) is 16.0 Å².